The molecular weight excluding hydrogens is 225 g/mol. The molecule has 0 radical (unpaired) electrons. The normalized spacial score (nSPS) is 22.1. The summed E-state index contributed by atoms with van der Waals surface area (Å²) in [6.07, 6.45) is 2.79. The molecule has 0 aliphatic carbocycles. The fourth-order valence-corrected chi connectivity index (χ4v) is 2.39. The Balaban J connectivity index is 1.91. The predicted octanol–water partition coefficient (Wildman–Crippen LogP) is 1.55. The Labute approximate surface area is 98.3 Å². The van der Waals surface area contributed by atoms with Crippen LogP contribution in [0.3, 0.4) is 0 Å². The van der Waals surface area contributed by atoms with Gasteiger partial charge in [-0.1, -0.05) is 0 Å². The minimum Gasteiger partial charge on any atom is -0.505 e. The van der Waals surface area contributed by atoms with E-state index in [1.54, 1.807) is 6.07 Å². The number of rotatable bonds is 2. The van der Waals surface area contributed by atoms with Crippen LogP contribution in [0.1, 0.15) is 18.4 Å². The number of phenols is 1. The molecule has 4 nitrogen and oxygen atoms in total. The van der Waals surface area contributed by atoms with Gasteiger partial charge in [0.05, 0.1) is 0 Å². The number of ether oxygens (including phenoxy) is 2. The van der Waals surface area contributed by atoms with E-state index >= 15 is 0 Å². The van der Waals surface area contributed by atoms with Crippen molar-refractivity contribution in [2.24, 2.45) is 0 Å². The van der Waals surface area contributed by atoms with Crippen LogP contribution in [0.5, 0.6) is 17.2 Å². The molecule has 0 saturated carbocycles. The smallest absolute Gasteiger partial charge is 0.231 e. The highest BCUT2D eigenvalue weighted by Crippen LogP contribution is 2.41. The standard InChI is InChI=1S/C12H14FNO3/c13-10-11(15)7(4-8-2-1-3-14-8)5-9-12(10)17-6-16-9/h5,8,14-15H,1-4,6H2. The van der Waals surface area contributed by atoms with Crippen LogP contribution in [0.25, 0.3) is 0 Å². The van der Waals surface area contributed by atoms with Gasteiger partial charge in [0.2, 0.25) is 18.4 Å². The molecule has 2 aliphatic rings. The van der Waals surface area contributed by atoms with Crippen molar-refractivity contribution in [2.45, 2.75) is 25.3 Å². The third kappa shape index (κ3) is 1.80. The number of aromatic hydroxyl groups is 1. The van der Waals surface area contributed by atoms with Crippen LogP contribution in [-0.4, -0.2) is 24.5 Å². The number of halogens is 1. The van der Waals surface area contributed by atoms with E-state index in [4.69, 9.17) is 9.47 Å². The van der Waals surface area contributed by atoms with Crippen LogP contribution in [0.2, 0.25) is 0 Å². The lowest BCUT2D eigenvalue weighted by molar-refractivity contribution is 0.170. The molecule has 1 aromatic rings. The fourth-order valence-electron chi connectivity index (χ4n) is 2.39. The van der Waals surface area contributed by atoms with Gasteiger partial charge in [0.15, 0.2) is 11.5 Å². The molecule has 1 unspecified atom stereocenters. The first kappa shape index (κ1) is 10.7. The minimum atomic E-state index is -0.715. The molecule has 0 aromatic heterocycles. The van der Waals surface area contributed by atoms with Crippen LogP contribution in [0, 0.1) is 5.82 Å². The summed E-state index contributed by atoms with van der Waals surface area (Å²) in [5, 5.41) is 13.1. The zero-order chi connectivity index (χ0) is 11.8. The largest absolute Gasteiger partial charge is 0.505 e. The van der Waals surface area contributed by atoms with Crippen LogP contribution >= 0.6 is 0 Å². The van der Waals surface area contributed by atoms with Crippen LogP contribution in [0.4, 0.5) is 4.39 Å². The van der Waals surface area contributed by atoms with E-state index in [9.17, 15) is 9.50 Å². The second-order valence-corrected chi connectivity index (χ2v) is 4.43. The van der Waals surface area contributed by atoms with Crippen molar-refractivity contribution in [3.63, 3.8) is 0 Å². The van der Waals surface area contributed by atoms with E-state index in [1.165, 1.54) is 0 Å². The van der Waals surface area contributed by atoms with E-state index in [0.29, 0.717) is 23.8 Å². The summed E-state index contributed by atoms with van der Waals surface area (Å²) in [5.41, 5.74) is 0.575. The Morgan fingerprint density at radius 1 is 1.47 bits per heavy atom. The highest BCUT2D eigenvalue weighted by Gasteiger charge is 2.26. The summed E-state index contributed by atoms with van der Waals surface area (Å²) in [5.74, 6) is -0.630. The van der Waals surface area contributed by atoms with Gasteiger partial charge >= 0.3 is 0 Å². The molecule has 0 spiro atoms. The summed E-state index contributed by atoms with van der Waals surface area (Å²) in [6, 6.07) is 1.97. The quantitative estimate of drug-likeness (QED) is 0.822. The van der Waals surface area contributed by atoms with Gasteiger partial charge in [-0.3, -0.25) is 0 Å². The van der Waals surface area contributed by atoms with Gasteiger partial charge in [0.1, 0.15) is 0 Å². The molecule has 5 heteroatoms. The maximum atomic E-state index is 13.8. The average molecular weight is 239 g/mol. The summed E-state index contributed by atoms with van der Waals surface area (Å²) in [7, 11) is 0. The summed E-state index contributed by atoms with van der Waals surface area (Å²) < 4.78 is 23.9. The molecule has 1 aromatic carbocycles. The van der Waals surface area contributed by atoms with Crippen molar-refractivity contribution in [1.29, 1.82) is 0 Å². The third-order valence-corrected chi connectivity index (χ3v) is 3.29. The average Bonchev–Trinajstić information content (AvgIpc) is 2.96. The van der Waals surface area contributed by atoms with E-state index in [1.807, 2.05) is 0 Å². The van der Waals surface area contributed by atoms with E-state index in [0.717, 1.165) is 19.4 Å². The molecule has 92 valence electrons. The van der Waals surface area contributed by atoms with E-state index in [-0.39, 0.29) is 18.3 Å². The van der Waals surface area contributed by atoms with Crippen LogP contribution in [0.15, 0.2) is 6.07 Å². The van der Waals surface area contributed by atoms with Gasteiger partial charge in [-0.25, -0.2) is 0 Å². The Kier molecular flexibility index (Phi) is 2.55. The van der Waals surface area contributed by atoms with Crippen molar-refractivity contribution >= 4 is 0 Å². The van der Waals surface area contributed by atoms with Crippen LogP contribution in [-0.2, 0) is 6.42 Å². The number of fused-ring (bicyclic) bond motifs is 1. The second-order valence-electron chi connectivity index (χ2n) is 4.43. The summed E-state index contributed by atoms with van der Waals surface area (Å²) in [4.78, 5) is 0. The van der Waals surface area contributed by atoms with Gasteiger partial charge in [-0.15, -0.1) is 0 Å². The first-order valence-electron chi connectivity index (χ1n) is 5.79. The van der Waals surface area contributed by atoms with Crippen molar-refractivity contribution in [1.82, 2.24) is 5.32 Å². The second kappa shape index (κ2) is 4.07. The van der Waals surface area contributed by atoms with Gasteiger partial charge in [0, 0.05) is 11.6 Å². The maximum absolute atomic E-state index is 13.8. The van der Waals surface area contributed by atoms with Crippen molar-refractivity contribution in [3.8, 4) is 17.2 Å². The van der Waals surface area contributed by atoms with Crippen LogP contribution < -0.4 is 14.8 Å². The zero-order valence-electron chi connectivity index (χ0n) is 9.33. The van der Waals surface area contributed by atoms with E-state index < -0.39 is 5.82 Å². The van der Waals surface area contributed by atoms with Gasteiger partial charge in [-0.2, -0.15) is 4.39 Å². The first-order valence-corrected chi connectivity index (χ1v) is 5.79. The third-order valence-electron chi connectivity index (χ3n) is 3.29. The number of nitrogens with one attached hydrogen (secondary N) is 1. The first-order chi connectivity index (χ1) is 8.25. The van der Waals surface area contributed by atoms with Crippen molar-refractivity contribution in [2.75, 3.05) is 13.3 Å². The molecule has 1 fully saturated rings. The molecular formula is C12H14FNO3. The number of hydrogen-bond donors (Lipinski definition) is 2. The molecule has 1 saturated heterocycles. The molecule has 2 heterocycles. The fraction of sp³-hybridized carbons (Fsp3) is 0.500. The lowest BCUT2D eigenvalue weighted by Gasteiger charge is -2.12. The molecule has 1 atom stereocenters. The Morgan fingerprint density at radius 2 is 2.35 bits per heavy atom. The Morgan fingerprint density at radius 3 is 3.12 bits per heavy atom. The summed E-state index contributed by atoms with van der Waals surface area (Å²) in [6.45, 7) is 0.995. The number of benzene rings is 1. The molecule has 17 heavy (non-hydrogen) atoms. The zero-order valence-corrected chi connectivity index (χ0v) is 9.33. The maximum Gasteiger partial charge on any atom is 0.231 e. The van der Waals surface area contributed by atoms with Crippen molar-refractivity contribution < 1.29 is 19.0 Å². The molecule has 2 aliphatic heterocycles. The lowest BCUT2D eigenvalue weighted by Crippen LogP contribution is -2.23. The lowest BCUT2D eigenvalue weighted by atomic mass is 10.0. The monoisotopic (exact) mass is 239 g/mol. The summed E-state index contributed by atoms with van der Waals surface area (Å²) >= 11 is 0. The van der Waals surface area contributed by atoms with E-state index in [2.05, 4.69) is 5.32 Å². The molecule has 3 rings (SSSR count). The molecule has 2 N–H and O–H groups in total. The minimum absolute atomic E-state index is 0.0107. The van der Waals surface area contributed by atoms with Gasteiger partial charge in [0.25, 0.3) is 0 Å². The number of phenolic OH excluding ortho intramolecular Hbond substituents is 1. The Hall–Kier alpha value is -1.49. The SMILES string of the molecule is Oc1c(CC2CCCN2)cc2c(c1F)OCO2. The highest BCUT2D eigenvalue weighted by molar-refractivity contribution is 5.53. The van der Waals surface area contributed by atoms with Gasteiger partial charge < -0.3 is 19.9 Å². The van der Waals surface area contributed by atoms with Crippen molar-refractivity contribution in [3.05, 3.63) is 17.4 Å². The number of hydrogen-bond acceptors (Lipinski definition) is 4. The molecule has 0 amide bonds. The predicted molar refractivity (Wildman–Crippen MR) is 58.9 cm³/mol. The topological polar surface area (TPSA) is 50.7 Å². The van der Waals surface area contributed by atoms with Gasteiger partial charge in [-0.05, 0) is 31.9 Å². The Bertz CT molecular complexity index is 444. The molecule has 0 bridgehead atoms. The highest BCUT2D eigenvalue weighted by atomic mass is 19.1.